The van der Waals surface area contributed by atoms with E-state index in [0.29, 0.717) is 39.4 Å². The Morgan fingerprint density at radius 2 is 1.39 bits per heavy atom. The number of nitrogen functional groups attached to an aromatic ring is 1. The Hall–Kier alpha value is -5.96. The summed E-state index contributed by atoms with van der Waals surface area (Å²) in [6, 6.07) is 30.0. The van der Waals surface area contributed by atoms with Crippen molar-refractivity contribution in [2.75, 3.05) is 18.2 Å². The number of phenolic OH excluding ortho intramolecular Hbond substituents is 2. The summed E-state index contributed by atoms with van der Waals surface area (Å²) in [6.07, 6.45) is 0. The Labute approximate surface area is 254 Å². The minimum absolute atomic E-state index is 0.00907. The molecular weight excluding hydrogens is 552 g/mol. The Morgan fingerprint density at radius 3 is 2.18 bits per heavy atom. The van der Waals surface area contributed by atoms with Gasteiger partial charge in [0.1, 0.15) is 28.6 Å². The zero-order valence-electron chi connectivity index (χ0n) is 24.4. The number of nitrogens with zero attached hydrogens (tertiary/aromatic N) is 4. The first kappa shape index (κ1) is 28.2. The number of aromatic hydroxyl groups is 2. The summed E-state index contributed by atoms with van der Waals surface area (Å²) in [4.78, 5) is 0. The second-order valence-electron chi connectivity index (χ2n) is 10.5. The van der Waals surface area contributed by atoms with E-state index in [1.54, 1.807) is 0 Å². The van der Waals surface area contributed by atoms with Gasteiger partial charge in [-0.3, -0.25) is 0 Å². The van der Waals surface area contributed by atoms with Gasteiger partial charge in [-0.2, -0.15) is 5.11 Å². The van der Waals surface area contributed by atoms with E-state index >= 15 is 0 Å². The number of rotatable bonds is 7. The minimum atomic E-state index is -0.159. The highest BCUT2D eigenvalue weighted by Crippen LogP contribution is 2.43. The molecule has 0 fully saturated rings. The van der Waals surface area contributed by atoms with Crippen molar-refractivity contribution in [1.82, 2.24) is 0 Å². The number of fused-ring (bicyclic) bond motifs is 2. The second kappa shape index (κ2) is 11.7. The highest BCUT2D eigenvalue weighted by atomic mass is 16.5. The van der Waals surface area contributed by atoms with Crippen LogP contribution in [0.5, 0.6) is 17.2 Å². The van der Waals surface area contributed by atoms with Gasteiger partial charge in [-0.05, 0) is 96.2 Å². The smallest absolute Gasteiger partial charge is 0.151 e. The third kappa shape index (κ3) is 5.84. The molecule has 0 saturated carbocycles. The van der Waals surface area contributed by atoms with Crippen molar-refractivity contribution < 1.29 is 14.9 Å². The topological polar surface area (TPSA) is 137 Å². The molecule has 6 aromatic rings. The van der Waals surface area contributed by atoms with Crippen LogP contribution in [0.3, 0.4) is 0 Å². The average molecular weight is 583 g/mol. The number of ether oxygens (including phenoxy) is 1. The van der Waals surface area contributed by atoms with Gasteiger partial charge < -0.3 is 26.0 Å². The Kier molecular flexibility index (Phi) is 7.51. The number of nitrogens with one attached hydrogen (secondary N) is 1. The molecule has 0 amide bonds. The van der Waals surface area contributed by atoms with Crippen LogP contribution in [-0.4, -0.2) is 17.3 Å². The molecule has 6 aromatic carbocycles. The fourth-order valence-electron chi connectivity index (χ4n) is 4.95. The van der Waals surface area contributed by atoms with E-state index in [4.69, 9.17) is 10.5 Å². The van der Waals surface area contributed by atoms with Crippen molar-refractivity contribution in [2.45, 2.75) is 13.8 Å². The number of phenols is 2. The Balaban J connectivity index is 1.25. The first-order valence-electron chi connectivity index (χ1n) is 13.9. The van der Waals surface area contributed by atoms with Gasteiger partial charge in [-0.1, -0.05) is 29.8 Å². The summed E-state index contributed by atoms with van der Waals surface area (Å²) in [5, 5.41) is 46.0. The number of nitrogens with two attached hydrogens (primary N) is 1. The monoisotopic (exact) mass is 582 g/mol. The van der Waals surface area contributed by atoms with Gasteiger partial charge in [0, 0.05) is 34.6 Å². The SMILES string of the molecule is COc1cc(N=Nc2c(C)cc3cc(Nc4ccc(N)cc4)ccc3c2O)c(O)cc1N=Nc1ccc2cc(C)ccc2c1. The first-order chi connectivity index (χ1) is 21.3. The van der Waals surface area contributed by atoms with Crippen LogP contribution in [0.25, 0.3) is 21.5 Å². The van der Waals surface area contributed by atoms with Gasteiger partial charge in [0.15, 0.2) is 5.75 Å². The summed E-state index contributed by atoms with van der Waals surface area (Å²) in [7, 11) is 1.50. The zero-order valence-corrected chi connectivity index (χ0v) is 24.4. The van der Waals surface area contributed by atoms with E-state index in [-0.39, 0.29) is 17.2 Å². The fraction of sp³-hybridized carbons (Fsp3) is 0.0857. The van der Waals surface area contributed by atoms with Crippen LogP contribution >= 0.6 is 0 Å². The third-order valence-electron chi connectivity index (χ3n) is 7.26. The molecule has 0 aliphatic carbocycles. The minimum Gasteiger partial charge on any atom is -0.506 e. The molecule has 9 nitrogen and oxygen atoms in total. The molecule has 0 radical (unpaired) electrons. The normalized spacial score (nSPS) is 11.6. The lowest BCUT2D eigenvalue weighted by molar-refractivity contribution is 0.413. The molecular formula is C35H30N6O3. The lowest BCUT2D eigenvalue weighted by Gasteiger charge is -2.11. The quantitative estimate of drug-likeness (QED) is 0.110. The summed E-state index contributed by atoms with van der Waals surface area (Å²) < 4.78 is 5.50. The van der Waals surface area contributed by atoms with Gasteiger partial charge in [0.25, 0.3) is 0 Å². The van der Waals surface area contributed by atoms with Gasteiger partial charge >= 0.3 is 0 Å². The molecule has 6 rings (SSSR count). The molecule has 0 spiro atoms. The molecule has 0 atom stereocenters. The van der Waals surface area contributed by atoms with Crippen molar-refractivity contribution in [3.63, 3.8) is 0 Å². The number of aryl methyl sites for hydroxylation is 2. The van der Waals surface area contributed by atoms with Crippen molar-refractivity contribution in [3.8, 4) is 17.2 Å². The van der Waals surface area contributed by atoms with E-state index in [9.17, 15) is 10.2 Å². The molecule has 0 aliphatic heterocycles. The average Bonchev–Trinajstić information content (AvgIpc) is 3.01. The molecule has 0 aliphatic rings. The summed E-state index contributed by atoms with van der Waals surface area (Å²) >= 11 is 0. The lowest BCUT2D eigenvalue weighted by atomic mass is 10.0. The van der Waals surface area contributed by atoms with Crippen molar-refractivity contribution in [3.05, 3.63) is 108 Å². The highest BCUT2D eigenvalue weighted by molar-refractivity contribution is 5.96. The number of anilines is 3. The van der Waals surface area contributed by atoms with Gasteiger partial charge in [-0.25, -0.2) is 0 Å². The molecule has 0 saturated heterocycles. The predicted octanol–water partition coefficient (Wildman–Crippen LogP) is 10.2. The Bertz CT molecular complexity index is 2090. The summed E-state index contributed by atoms with van der Waals surface area (Å²) in [5.41, 5.74) is 11.6. The maximum atomic E-state index is 11.1. The lowest BCUT2D eigenvalue weighted by Crippen LogP contribution is -1.91. The predicted molar refractivity (Wildman–Crippen MR) is 176 cm³/mol. The number of azo groups is 2. The van der Waals surface area contributed by atoms with E-state index in [1.165, 1.54) is 24.8 Å². The number of hydrogen-bond acceptors (Lipinski definition) is 9. The summed E-state index contributed by atoms with van der Waals surface area (Å²) in [5.74, 6) is 0.191. The van der Waals surface area contributed by atoms with Crippen LogP contribution in [0.2, 0.25) is 0 Å². The number of methoxy groups -OCH3 is 1. The second-order valence-corrected chi connectivity index (χ2v) is 10.5. The standard InChI is InChI=1S/C35H30N6O3/c1-20-4-5-23-16-28(9-6-22(23)14-20)38-40-31-18-32(42)30(19-33(31)44-3)39-41-34-21(2)15-24-17-27(12-13-29(24)35(34)43)37-26-10-7-25(36)8-11-26/h4-19,37,42-43H,36H2,1-3H3. The van der Waals surface area contributed by atoms with E-state index in [0.717, 1.165) is 27.5 Å². The molecule has 0 bridgehead atoms. The molecule has 0 unspecified atom stereocenters. The van der Waals surface area contributed by atoms with Crippen LogP contribution in [0.1, 0.15) is 11.1 Å². The van der Waals surface area contributed by atoms with E-state index in [1.807, 2.05) is 79.7 Å². The van der Waals surface area contributed by atoms with Crippen molar-refractivity contribution in [1.29, 1.82) is 0 Å². The molecule has 0 aromatic heterocycles. The van der Waals surface area contributed by atoms with Crippen LogP contribution < -0.4 is 15.8 Å². The maximum absolute atomic E-state index is 11.1. The summed E-state index contributed by atoms with van der Waals surface area (Å²) in [6.45, 7) is 3.89. The van der Waals surface area contributed by atoms with Crippen molar-refractivity contribution in [2.24, 2.45) is 20.5 Å². The first-order valence-corrected chi connectivity index (χ1v) is 13.9. The molecule has 5 N–H and O–H groups in total. The maximum Gasteiger partial charge on any atom is 0.151 e. The van der Waals surface area contributed by atoms with Crippen molar-refractivity contribution >= 4 is 61.4 Å². The third-order valence-corrected chi connectivity index (χ3v) is 7.26. The zero-order chi connectivity index (χ0) is 30.8. The van der Waals surface area contributed by atoms with Gasteiger partial charge in [0.05, 0.1) is 12.8 Å². The molecule has 218 valence electrons. The van der Waals surface area contributed by atoms with Crippen LogP contribution in [0, 0.1) is 13.8 Å². The fourth-order valence-corrected chi connectivity index (χ4v) is 4.95. The van der Waals surface area contributed by atoms with Gasteiger partial charge in [0.2, 0.25) is 0 Å². The largest absolute Gasteiger partial charge is 0.506 e. The van der Waals surface area contributed by atoms with Gasteiger partial charge in [-0.15, -0.1) is 15.3 Å². The Morgan fingerprint density at radius 1 is 0.659 bits per heavy atom. The van der Waals surface area contributed by atoms with Crippen LogP contribution in [-0.2, 0) is 0 Å². The van der Waals surface area contributed by atoms with E-state index < -0.39 is 0 Å². The highest BCUT2D eigenvalue weighted by Gasteiger charge is 2.14. The van der Waals surface area contributed by atoms with E-state index in [2.05, 4.69) is 44.8 Å². The molecule has 0 heterocycles. The van der Waals surface area contributed by atoms with Crippen LogP contribution in [0.15, 0.2) is 118 Å². The molecule has 44 heavy (non-hydrogen) atoms. The van der Waals surface area contributed by atoms with Crippen LogP contribution in [0.4, 0.5) is 39.8 Å². The number of hydrogen-bond donors (Lipinski definition) is 4. The number of benzene rings is 6. The molecule has 9 heteroatoms.